The van der Waals surface area contributed by atoms with Crippen molar-refractivity contribution in [2.45, 2.75) is 51.9 Å². The largest absolute Gasteiger partial charge is 0.396 e. The highest BCUT2D eigenvalue weighted by Crippen LogP contribution is 2.36. The number of aliphatic hydroxyl groups is 1. The SMILES string of the molecule is CC1CCCN(CCC(=O)NCC2(CO)CCCC2)C1. The summed E-state index contributed by atoms with van der Waals surface area (Å²) in [6.45, 7) is 6.29. The number of carbonyl (C=O) groups is 1. The summed E-state index contributed by atoms with van der Waals surface area (Å²) in [6.07, 6.45) is 7.64. The molecule has 0 spiro atoms. The fourth-order valence-corrected chi connectivity index (χ4v) is 3.64. The minimum atomic E-state index is -0.0324. The first-order valence-electron chi connectivity index (χ1n) is 8.23. The summed E-state index contributed by atoms with van der Waals surface area (Å²) in [7, 11) is 0. The Morgan fingerprint density at radius 2 is 2.10 bits per heavy atom. The topological polar surface area (TPSA) is 52.6 Å². The molecule has 1 unspecified atom stereocenters. The van der Waals surface area contributed by atoms with E-state index in [1.165, 1.54) is 25.7 Å². The maximum Gasteiger partial charge on any atom is 0.221 e. The van der Waals surface area contributed by atoms with Crippen molar-refractivity contribution < 1.29 is 9.90 Å². The van der Waals surface area contributed by atoms with Crippen molar-refractivity contribution >= 4 is 5.91 Å². The lowest BCUT2D eigenvalue weighted by Gasteiger charge is -2.31. The molecule has 1 aliphatic heterocycles. The lowest BCUT2D eigenvalue weighted by molar-refractivity contribution is -0.122. The lowest BCUT2D eigenvalue weighted by atomic mass is 9.87. The van der Waals surface area contributed by atoms with E-state index >= 15 is 0 Å². The highest BCUT2D eigenvalue weighted by Gasteiger charge is 2.33. The maximum absolute atomic E-state index is 12.0. The van der Waals surface area contributed by atoms with Crippen LogP contribution in [0.3, 0.4) is 0 Å². The van der Waals surface area contributed by atoms with Crippen LogP contribution < -0.4 is 5.32 Å². The van der Waals surface area contributed by atoms with E-state index in [9.17, 15) is 9.90 Å². The predicted octanol–water partition coefficient (Wildman–Crippen LogP) is 1.78. The average Bonchev–Trinajstić information content (AvgIpc) is 2.92. The molecule has 2 aliphatic rings. The highest BCUT2D eigenvalue weighted by molar-refractivity contribution is 5.76. The van der Waals surface area contributed by atoms with Crippen molar-refractivity contribution in [2.75, 3.05) is 32.8 Å². The van der Waals surface area contributed by atoms with Crippen LogP contribution >= 0.6 is 0 Å². The van der Waals surface area contributed by atoms with Crippen molar-refractivity contribution in [3.05, 3.63) is 0 Å². The highest BCUT2D eigenvalue weighted by atomic mass is 16.3. The number of hydrogen-bond donors (Lipinski definition) is 2. The molecule has 0 radical (unpaired) electrons. The minimum Gasteiger partial charge on any atom is -0.396 e. The third kappa shape index (κ3) is 4.45. The van der Waals surface area contributed by atoms with Crippen LogP contribution in [0, 0.1) is 11.3 Å². The lowest BCUT2D eigenvalue weighted by Crippen LogP contribution is -2.41. The summed E-state index contributed by atoms with van der Waals surface area (Å²) in [5, 5.41) is 12.6. The minimum absolute atomic E-state index is 0.0324. The number of likely N-dealkylation sites (tertiary alicyclic amines) is 1. The number of nitrogens with one attached hydrogen (secondary N) is 1. The van der Waals surface area contributed by atoms with Crippen molar-refractivity contribution in [3.63, 3.8) is 0 Å². The van der Waals surface area contributed by atoms with E-state index in [4.69, 9.17) is 0 Å². The molecule has 116 valence electrons. The van der Waals surface area contributed by atoms with Crippen LogP contribution in [0.5, 0.6) is 0 Å². The molecule has 4 nitrogen and oxygen atoms in total. The molecule has 0 aromatic heterocycles. The van der Waals surface area contributed by atoms with E-state index in [2.05, 4.69) is 17.1 Å². The zero-order valence-corrected chi connectivity index (χ0v) is 12.9. The Labute approximate surface area is 122 Å². The van der Waals surface area contributed by atoms with Gasteiger partial charge in [-0.25, -0.2) is 0 Å². The Kier molecular flexibility index (Phi) is 5.85. The van der Waals surface area contributed by atoms with Gasteiger partial charge in [0.1, 0.15) is 0 Å². The zero-order chi connectivity index (χ0) is 14.4. The monoisotopic (exact) mass is 282 g/mol. The van der Waals surface area contributed by atoms with E-state index < -0.39 is 0 Å². The number of hydrogen-bond acceptors (Lipinski definition) is 3. The Morgan fingerprint density at radius 3 is 2.75 bits per heavy atom. The van der Waals surface area contributed by atoms with Gasteiger partial charge in [-0.2, -0.15) is 0 Å². The molecule has 1 heterocycles. The molecular weight excluding hydrogens is 252 g/mol. The number of carbonyl (C=O) groups excluding carboxylic acids is 1. The number of piperidine rings is 1. The molecule has 2 fully saturated rings. The number of rotatable bonds is 6. The zero-order valence-electron chi connectivity index (χ0n) is 12.9. The van der Waals surface area contributed by atoms with Gasteiger partial charge in [0.05, 0.1) is 6.61 Å². The van der Waals surface area contributed by atoms with Crippen LogP contribution in [0.25, 0.3) is 0 Å². The van der Waals surface area contributed by atoms with Gasteiger partial charge in [-0.1, -0.05) is 19.8 Å². The third-order valence-electron chi connectivity index (χ3n) is 5.06. The standard InChI is InChI=1S/C16H30N2O2/c1-14-5-4-9-18(11-14)10-6-15(20)17-12-16(13-19)7-2-3-8-16/h14,19H,2-13H2,1H3,(H,17,20). The van der Waals surface area contributed by atoms with E-state index in [0.29, 0.717) is 13.0 Å². The quantitative estimate of drug-likeness (QED) is 0.781. The van der Waals surface area contributed by atoms with Crippen LogP contribution in [-0.4, -0.2) is 48.7 Å². The molecular formula is C16H30N2O2. The number of amides is 1. The summed E-state index contributed by atoms with van der Waals surface area (Å²) in [4.78, 5) is 14.4. The Balaban J connectivity index is 1.65. The average molecular weight is 282 g/mol. The molecule has 4 heteroatoms. The second-order valence-corrected chi connectivity index (χ2v) is 6.94. The van der Waals surface area contributed by atoms with Crippen LogP contribution in [-0.2, 0) is 4.79 Å². The van der Waals surface area contributed by atoms with Crippen molar-refractivity contribution in [3.8, 4) is 0 Å². The van der Waals surface area contributed by atoms with Crippen molar-refractivity contribution in [2.24, 2.45) is 11.3 Å². The molecule has 1 saturated heterocycles. The molecule has 1 atom stereocenters. The Hall–Kier alpha value is -0.610. The van der Waals surface area contributed by atoms with E-state index in [-0.39, 0.29) is 17.9 Å². The second-order valence-electron chi connectivity index (χ2n) is 6.94. The Morgan fingerprint density at radius 1 is 1.35 bits per heavy atom. The summed E-state index contributed by atoms with van der Waals surface area (Å²) >= 11 is 0. The van der Waals surface area contributed by atoms with Gasteiger partial charge >= 0.3 is 0 Å². The van der Waals surface area contributed by atoms with Gasteiger partial charge in [-0.15, -0.1) is 0 Å². The number of aliphatic hydroxyl groups excluding tert-OH is 1. The van der Waals surface area contributed by atoms with Gasteiger partial charge in [0.25, 0.3) is 0 Å². The van der Waals surface area contributed by atoms with Crippen molar-refractivity contribution in [1.29, 1.82) is 0 Å². The summed E-state index contributed by atoms with van der Waals surface area (Å²) < 4.78 is 0. The molecule has 1 amide bonds. The smallest absolute Gasteiger partial charge is 0.221 e. The van der Waals surface area contributed by atoms with Gasteiger partial charge < -0.3 is 15.3 Å². The molecule has 0 aromatic carbocycles. The molecule has 20 heavy (non-hydrogen) atoms. The molecule has 0 bridgehead atoms. The van der Waals surface area contributed by atoms with Gasteiger partial charge in [0.15, 0.2) is 0 Å². The normalized spacial score (nSPS) is 26.6. The summed E-state index contributed by atoms with van der Waals surface area (Å²) in [5.41, 5.74) is -0.0324. The van der Waals surface area contributed by atoms with Crippen LogP contribution in [0.15, 0.2) is 0 Å². The first-order valence-corrected chi connectivity index (χ1v) is 8.23. The van der Waals surface area contributed by atoms with E-state index in [0.717, 1.165) is 38.4 Å². The summed E-state index contributed by atoms with van der Waals surface area (Å²) in [6, 6.07) is 0. The second kappa shape index (κ2) is 7.41. The van der Waals surface area contributed by atoms with E-state index in [1.807, 2.05) is 0 Å². The predicted molar refractivity (Wildman–Crippen MR) is 80.5 cm³/mol. The van der Waals surface area contributed by atoms with Gasteiger partial charge in [0.2, 0.25) is 5.91 Å². The first kappa shape index (κ1) is 15.8. The van der Waals surface area contributed by atoms with Gasteiger partial charge in [-0.3, -0.25) is 4.79 Å². The molecule has 1 saturated carbocycles. The van der Waals surface area contributed by atoms with Crippen LogP contribution in [0.2, 0.25) is 0 Å². The van der Waals surface area contributed by atoms with Crippen molar-refractivity contribution in [1.82, 2.24) is 10.2 Å². The van der Waals surface area contributed by atoms with Gasteiger partial charge in [-0.05, 0) is 38.1 Å². The van der Waals surface area contributed by atoms with Gasteiger partial charge in [0, 0.05) is 31.5 Å². The fourth-order valence-electron chi connectivity index (χ4n) is 3.64. The molecule has 2 N–H and O–H groups in total. The Bertz CT molecular complexity index is 314. The third-order valence-corrected chi connectivity index (χ3v) is 5.06. The molecule has 2 rings (SSSR count). The summed E-state index contributed by atoms with van der Waals surface area (Å²) in [5.74, 6) is 0.908. The number of nitrogens with zero attached hydrogens (tertiary/aromatic N) is 1. The van der Waals surface area contributed by atoms with Crippen LogP contribution in [0.4, 0.5) is 0 Å². The van der Waals surface area contributed by atoms with Crippen LogP contribution in [0.1, 0.15) is 51.9 Å². The maximum atomic E-state index is 12.0. The molecule has 0 aromatic rings. The molecule has 1 aliphatic carbocycles. The fraction of sp³-hybridized carbons (Fsp3) is 0.938. The van der Waals surface area contributed by atoms with E-state index in [1.54, 1.807) is 0 Å². The first-order chi connectivity index (χ1) is 9.63.